The summed E-state index contributed by atoms with van der Waals surface area (Å²) in [6.45, 7) is 3.65. The Balaban J connectivity index is 1.54. The van der Waals surface area contributed by atoms with E-state index in [1.54, 1.807) is 17.5 Å². The van der Waals surface area contributed by atoms with Gasteiger partial charge >= 0.3 is 5.97 Å². The smallest absolute Gasteiger partial charge is 0.359 e. The maximum absolute atomic E-state index is 12.5. The highest BCUT2D eigenvalue weighted by molar-refractivity contribution is 7.15. The molecule has 0 fully saturated rings. The number of aryl methyl sites for hydroxylation is 1. The Morgan fingerprint density at radius 2 is 2.08 bits per heavy atom. The summed E-state index contributed by atoms with van der Waals surface area (Å²) in [6.07, 6.45) is 0.983. The van der Waals surface area contributed by atoms with Gasteiger partial charge in [-0.05, 0) is 26.0 Å². The first kappa shape index (κ1) is 16.7. The van der Waals surface area contributed by atoms with Crippen molar-refractivity contribution in [1.82, 2.24) is 19.6 Å². The van der Waals surface area contributed by atoms with E-state index < -0.39 is 12.1 Å². The fourth-order valence-electron chi connectivity index (χ4n) is 2.42. The topological polar surface area (TPSA) is 82.5 Å². The molecule has 0 bridgehead atoms. The minimum atomic E-state index is -0.727. The van der Waals surface area contributed by atoms with E-state index >= 15 is 0 Å². The Kier molecular flexibility index (Phi) is 4.21. The molecule has 0 spiro atoms. The highest BCUT2D eigenvalue weighted by atomic mass is 35.5. The molecule has 4 rings (SSSR count). The summed E-state index contributed by atoms with van der Waals surface area (Å²) in [5, 5.41) is 9.90. The maximum Gasteiger partial charge on any atom is 0.359 e. The van der Waals surface area contributed by atoms with Gasteiger partial charge in [-0.3, -0.25) is 4.40 Å². The molecule has 26 heavy (non-hydrogen) atoms. The summed E-state index contributed by atoms with van der Waals surface area (Å²) >= 11 is 7.43. The maximum atomic E-state index is 12.5. The molecule has 0 aliphatic rings. The number of hydrogen-bond acceptors (Lipinski definition) is 7. The number of carbonyl (C=O) groups excluding carboxylic acids is 1. The van der Waals surface area contributed by atoms with E-state index in [2.05, 4.69) is 15.2 Å². The predicted octanol–water partition coefficient (Wildman–Crippen LogP) is 4.33. The third-order valence-electron chi connectivity index (χ3n) is 3.78. The number of aromatic nitrogens is 4. The van der Waals surface area contributed by atoms with Gasteiger partial charge in [0.15, 0.2) is 21.9 Å². The Hall–Kier alpha value is -2.71. The number of halogens is 1. The number of benzene rings is 1. The Morgan fingerprint density at radius 1 is 1.31 bits per heavy atom. The van der Waals surface area contributed by atoms with Crippen LogP contribution >= 0.6 is 22.9 Å². The minimum Gasteiger partial charge on any atom is -0.448 e. The van der Waals surface area contributed by atoms with E-state index in [1.807, 2.05) is 36.6 Å². The quantitative estimate of drug-likeness (QED) is 0.484. The van der Waals surface area contributed by atoms with Crippen LogP contribution in [0, 0.1) is 6.92 Å². The van der Waals surface area contributed by atoms with Gasteiger partial charge in [-0.15, -0.1) is 21.5 Å². The number of hydrogen-bond donors (Lipinski definition) is 0. The fourth-order valence-corrected chi connectivity index (χ4v) is 3.43. The second-order valence-electron chi connectivity index (χ2n) is 5.67. The molecule has 0 N–H and O–H groups in total. The van der Waals surface area contributed by atoms with Crippen molar-refractivity contribution < 1.29 is 13.9 Å². The number of esters is 1. The normalized spacial score (nSPS) is 12.4. The predicted molar refractivity (Wildman–Crippen MR) is 96.4 cm³/mol. The van der Waals surface area contributed by atoms with Crippen LogP contribution in [0.1, 0.15) is 35.0 Å². The molecule has 0 saturated heterocycles. The summed E-state index contributed by atoms with van der Waals surface area (Å²) in [6, 6.07) is 7.69. The molecule has 4 aromatic rings. The molecule has 0 amide bonds. The molecule has 0 aliphatic carbocycles. The van der Waals surface area contributed by atoms with Gasteiger partial charge in [0.2, 0.25) is 5.89 Å². The number of rotatable bonds is 4. The molecule has 0 radical (unpaired) electrons. The van der Waals surface area contributed by atoms with Crippen molar-refractivity contribution >= 4 is 33.9 Å². The summed E-state index contributed by atoms with van der Waals surface area (Å²) < 4.78 is 12.7. The van der Waals surface area contributed by atoms with E-state index in [4.69, 9.17) is 20.8 Å². The van der Waals surface area contributed by atoms with Gasteiger partial charge in [0, 0.05) is 17.1 Å². The van der Waals surface area contributed by atoms with E-state index in [0.29, 0.717) is 10.9 Å². The number of fused-ring (bicyclic) bond motifs is 1. The summed E-state index contributed by atoms with van der Waals surface area (Å²) in [7, 11) is 0. The zero-order valence-electron chi connectivity index (χ0n) is 13.8. The fraction of sp³-hybridized carbons (Fsp3) is 0.176. The minimum absolute atomic E-state index is 0.0972. The second-order valence-corrected chi connectivity index (χ2v) is 6.90. The molecule has 9 heteroatoms. The summed E-state index contributed by atoms with van der Waals surface area (Å²) in [5.74, 6) is -0.0369. The van der Waals surface area contributed by atoms with Crippen LogP contribution in [0.3, 0.4) is 0 Å². The van der Waals surface area contributed by atoms with Gasteiger partial charge in [0.25, 0.3) is 5.89 Å². The lowest BCUT2D eigenvalue weighted by molar-refractivity contribution is 0.0272. The van der Waals surface area contributed by atoms with Gasteiger partial charge < -0.3 is 9.15 Å². The molecule has 3 heterocycles. The second kappa shape index (κ2) is 6.54. The molecular formula is C17H13ClN4O3S. The van der Waals surface area contributed by atoms with Crippen molar-refractivity contribution in [3.8, 4) is 11.5 Å². The summed E-state index contributed by atoms with van der Waals surface area (Å²) in [4.78, 5) is 17.2. The van der Waals surface area contributed by atoms with Crippen molar-refractivity contribution in [2.75, 3.05) is 0 Å². The molecule has 7 nitrogen and oxygen atoms in total. The molecular weight excluding hydrogens is 376 g/mol. The van der Waals surface area contributed by atoms with Crippen LogP contribution < -0.4 is 0 Å². The van der Waals surface area contributed by atoms with Crippen molar-refractivity contribution in [3.63, 3.8) is 0 Å². The van der Waals surface area contributed by atoms with Crippen molar-refractivity contribution in [2.24, 2.45) is 0 Å². The Labute approximate surface area is 157 Å². The van der Waals surface area contributed by atoms with Crippen LogP contribution in [0.2, 0.25) is 5.15 Å². The van der Waals surface area contributed by atoms with Crippen LogP contribution in [-0.2, 0) is 4.74 Å². The molecule has 0 saturated carbocycles. The Morgan fingerprint density at radius 3 is 2.85 bits per heavy atom. The first-order chi connectivity index (χ1) is 12.5. The van der Waals surface area contributed by atoms with E-state index in [1.165, 1.54) is 11.3 Å². The number of nitrogens with zero attached hydrogens (tertiary/aromatic N) is 4. The van der Waals surface area contributed by atoms with Crippen LogP contribution in [0.25, 0.3) is 16.4 Å². The van der Waals surface area contributed by atoms with Gasteiger partial charge in [-0.1, -0.05) is 29.3 Å². The highest BCUT2D eigenvalue weighted by Crippen LogP contribution is 2.26. The SMILES string of the molecule is Cc1ccc(-c2nnc([C@H](C)OC(=O)c3c(Cl)nc4sccn34)o2)cc1. The Bertz CT molecular complexity index is 1080. The first-order valence-electron chi connectivity index (χ1n) is 7.75. The van der Waals surface area contributed by atoms with Gasteiger partial charge in [0.1, 0.15) is 0 Å². The number of thiazole rings is 1. The molecule has 1 aromatic carbocycles. The van der Waals surface area contributed by atoms with Gasteiger partial charge in [-0.2, -0.15) is 0 Å². The van der Waals surface area contributed by atoms with Crippen LogP contribution in [0.5, 0.6) is 0 Å². The summed E-state index contributed by atoms with van der Waals surface area (Å²) in [5.41, 5.74) is 2.10. The van der Waals surface area contributed by atoms with Crippen LogP contribution in [0.4, 0.5) is 0 Å². The first-order valence-corrected chi connectivity index (χ1v) is 9.01. The highest BCUT2D eigenvalue weighted by Gasteiger charge is 2.25. The molecule has 1 atom stereocenters. The van der Waals surface area contributed by atoms with E-state index in [0.717, 1.165) is 11.1 Å². The zero-order valence-corrected chi connectivity index (χ0v) is 15.4. The third kappa shape index (κ3) is 2.97. The largest absolute Gasteiger partial charge is 0.448 e. The van der Waals surface area contributed by atoms with Crippen LogP contribution in [-0.4, -0.2) is 25.6 Å². The molecule has 132 valence electrons. The van der Waals surface area contributed by atoms with Gasteiger partial charge in [0.05, 0.1) is 0 Å². The monoisotopic (exact) mass is 388 g/mol. The van der Waals surface area contributed by atoms with Gasteiger partial charge in [-0.25, -0.2) is 9.78 Å². The van der Waals surface area contributed by atoms with E-state index in [-0.39, 0.29) is 16.7 Å². The number of carbonyl (C=O) groups is 1. The molecule has 0 aliphatic heterocycles. The zero-order chi connectivity index (χ0) is 18.3. The molecule has 0 unspecified atom stereocenters. The van der Waals surface area contributed by atoms with Crippen molar-refractivity contribution in [3.05, 3.63) is 58.1 Å². The lowest BCUT2D eigenvalue weighted by atomic mass is 10.1. The van der Waals surface area contributed by atoms with Crippen LogP contribution in [0.15, 0.2) is 40.3 Å². The average molecular weight is 389 g/mol. The number of imidazole rings is 1. The average Bonchev–Trinajstić information content (AvgIpc) is 3.30. The molecule has 3 aromatic heterocycles. The van der Waals surface area contributed by atoms with E-state index in [9.17, 15) is 4.79 Å². The standard InChI is InChI=1S/C17H13ClN4O3S/c1-9-3-5-11(6-4-9)15-21-20-14(25-15)10(2)24-16(23)12-13(18)19-17-22(12)7-8-26-17/h3-8,10H,1-2H3/t10-/m0/s1. The lowest BCUT2D eigenvalue weighted by Crippen LogP contribution is -2.12. The van der Waals surface area contributed by atoms with Crippen molar-refractivity contribution in [2.45, 2.75) is 20.0 Å². The number of ether oxygens (including phenoxy) is 1. The van der Waals surface area contributed by atoms with Crippen molar-refractivity contribution in [1.29, 1.82) is 0 Å². The lowest BCUT2D eigenvalue weighted by Gasteiger charge is -2.08. The third-order valence-corrected chi connectivity index (χ3v) is 4.80.